The first kappa shape index (κ1) is 18.9. The Kier molecular flexibility index (Phi) is 5.47. The molecule has 0 aliphatic carbocycles. The average molecular weight is 432 g/mol. The van der Waals surface area contributed by atoms with Crippen LogP contribution in [0, 0.1) is 6.92 Å². The van der Waals surface area contributed by atoms with Crippen molar-refractivity contribution in [1.82, 2.24) is 30.5 Å². The van der Waals surface area contributed by atoms with Gasteiger partial charge >= 0.3 is 0 Å². The van der Waals surface area contributed by atoms with Crippen LogP contribution in [-0.4, -0.2) is 50.5 Å². The minimum Gasteiger partial charge on any atom is -0.354 e. The first-order valence-corrected chi connectivity index (χ1v) is 8.98. The van der Waals surface area contributed by atoms with Crippen molar-refractivity contribution in [3.8, 4) is 11.5 Å². The predicted molar refractivity (Wildman–Crippen MR) is 102 cm³/mol. The second-order valence-electron chi connectivity index (χ2n) is 5.79. The van der Waals surface area contributed by atoms with Crippen LogP contribution >= 0.6 is 15.9 Å². The first-order chi connectivity index (χ1) is 13.0. The second kappa shape index (κ2) is 7.80. The molecule has 0 spiro atoms. The van der Waals surface area contributed by atoms with Crippen LogP contribution in [0.3, 0.4) is 0 Å². The van der Waals surface area contributed by atoms with E-state index in [1.807, 2.05) is 6.07 Å². The SMILES string of the molecule is CNC(=O)c1[nH]c(-c2nnn(CCN)n2)c(C)c1C(=O)c1cccc(Br)c1. The molecule has 2 heterocycles. The summed E-state index contributed by atoms with van der Waals surface area (Å²) in [5.41, 5.74) is 7.44. The maximum absolute atomic E-state index is 13.1. The number of amides is 1. The van der Waals surface area contributed by atoms with Crippen molar-refractivity contribution < 1.29 is 9.59 Å². The van der Waals surface area contributed by atoms with Gasteiger partial charge in [0.25, 0.3) is 5.91 Å². The molecule has 0 aliphatic rings. The molecule has 0 atom stereocenters. The minimum atomic E-state index is -0.406. The fourth-order valence-corrected chi connectivity index (χ4v) is 3.12. The van der Waals surface area contributed by atoms with Gasteiger partial charge in [0.2, 0.25) is 5.82 Å². The van der Waals surface area contributed by atoms with E-state index in [0.717, 1.165) is 4.47 Å². The molecule has 3 rings (SSSR count). The molecule has 3 aromatic rings. The van der Waals surface area contributed by atoms with Crippen LogP contribution in [-0.2, 0) is 6.54 Å². The molecule has 0 fully saturated rings. The van der Waals surface area contributed by atoms with Crippen LogP contribution in [0.25, 0.3) is 11.5 Å². The summed E-state index contributed by atoms with van der Waals surface area (Å²) in [7, 11) is 1.50. The van der Waals surface area contributed by atoms with Crippen LogP contribution in [0.2, 0.25) is 0 Å². The highest BCUT2D eigenvalue weighted by molar-refractivity contribution is 9.10. The third kappa shape index (κ3) is 3.67. The summed E-state index contributed by atoms with van der Waals surface area (Å²) in [5.74, 6) is -0.388. The molecule has 27 heavy (non-hydrogen) atoms. The van der Waals surface area contributed by atoms with Crippen LogP contribution in [0.15, 0.2) is 28.7 Å². The van der Waals surface area contributed by atoms with Gasteiger partial charge in [-0.25, -0.2) is 0 Å². The number of aromatic nitrogens is 5. The van der Waals surface area contributed by atoms with Gasteiger partial charge in [-0.2, -0.15) is 4.80 Å². The van der Waals surface area contributed by atoms with Gasteiger partial charge in [-0.05, 0) is 29.8 Å². The lowest BCUT2D eigenvalue weighted by atomic mass is 9.99. The number of hydrogen-bond donors (Lipinski definition) is 3. The Hall–Kier alpha value is -2.85. The highest BCUT2D eigenvalue weighted by Gasteiger charge is 2.27. The number of benzene rings is 1. The number of carbonyl (C=O) groups is 2. The fourth-order valence-electron chi connectivity index (χ4n) is 2.72. The number of nitrogens with one attached hydrogen (secondary N) is 2. The monoisotopic (exact) mass is 431 g/mol. The largest absolute Gasteiger partial charge is 0.354 e. The molecule has 0 saturated heterocycles. The lowest BCUT2D eigenvalue weighted by molar-refractivity contribution is 0.0946. The van der Waals surface area contributed by atoms with Crippen molar-refractivity contribution in [2.45, 2.75) is 13.5 Å². The zero-order valence-corrected chi connectivity index (χ0v) is 16.4. The molecular weight excluding hydrogens is 414 g/mol. The molecule has 0 unspecified atom stereocenters. The molecule has 10 heteroatoms. The number of tetrazole rings is 1. The molecular formula is C17H18BrN7O2. The minimum absolute atomic E-state index is 0.158. The molecule has 1 aromatic carbocycles. The molecule has 4 N–H and O–H groups in total. The van der Waals surface area contributed by atoms with E-state index in [2.05, 4.69) is 41.6 Å². The molecule has 140 valence electrons. The topological polar surface area (TPSA) is 132 Å². The Bertz CT molecular complexity index is 1010. The number of halogens is 1. The summed E-state index contributed by atoms with van der Waals surface area (Å²) in [5, 5.41) is 14.7. The standard InChI is InChI=1S/C17H18BrN7O2/c1-9-12(15(26)10-4-3-5-11(18)8-10)14(17(27)20-2)21-13(9)16-22-24-25(23-16)7-6-19/h3-5,8,21H,6-7,19H2,1-2H3,(H,20,27). The quantitative estimate of drug-likeness (QED) is 0.503. The van der Waals surface area contributed by atoms with E-state index in [1.165, 1.54) is 11.8 Å². The number of rotatable bonds is 6. The Morgan fingerprint density at radius 2 is 2.15 bits per heavy atom. The van der Waals surface area contributed by atoms with Gasteiger partial charge in [-0.1, -0.05) is 28.1 Å². The van der Waals surface area contributed by atoms with Crippen molar-refractivity contribution in [1.29, 1.82) is 0 Å². The van der Waals surface area contributed by atoms with Crippen molar-refractivity contribution in [3.05, 3.63) is 51.1 Å². The summed E-state index contributed by atoms with van der Waals surface area (Å²) in [6, 6.07) is 6.99. The predicted octanol–water partition coefficient (Wildman–Crippen LogP) is 1.29. The van der Waals surface area contributed by atoms with E-state index in [-0.39, 0.29) is 17.0 Å². The van der Waals surface area contributed by atoms with E-state index < -0.39 is 5.91 Å². The van der Waals surface area contributed by atoms with Gasteiger partial charge in [0.05, 0.1) is 17.8 Å². The zero-order valence-electron chi connectivity index (χ0n) is 14.8. The van der Waals surface area contributed by atoms with Crippen LogP contribution < -0.4 is 11.1 Å². The number of H-pyrrole nitrogens is 1. The zero-order chi connectivity index (χ0) is 19.6. The van der Waals surface area contributed by atoms with Gasteiger partial charge < -0.3 is 16.0 Å². The third-order valence-electron chi connectivity index (χ3n) is 4.02. The van der Waals surface area contributed by atoms with E-state index >= 15 is 0 Å². The average Bonchev–Trinajstić information content (AvgIpc) is 3.25. The van der Waals surface area contributed by atoms with Gasteiger partial charge in [0.1, 0.15) is 5.69 Å². The van der Waals surface area contributed by atoms with E-state index in [0.29, 0.717) is 35.7 Å². The second-order valence-corrected chi connectivity index (χ2v) is 6.71. The number of ketones is 1. The summed E-state index contributed by atoms with van der Waals surface area (Å²) in [4.78, 5) is 29.8. The third-order valence-corrected chi connectivity index (χ3v) is 4.52. The van der Waals surface area contributed by atoms with Crippen LogP contribution in [0.5, 0.6) is 0 Å². The molecule has 0 saturated carbocycles. The maximum atomic E-state index is 13.1. The van der Waals surface area contributed by atoms with Crippen molar-refractivity contribution >= 4 is 27.6 Å². The van der Waals surface area contributed by atoms with Crippen molar-refractivity contribution in [3.63, 3.8) is 0 Å². The molecule has 2 aromatic heterocycles. The van der Waals surface area contributed by atoms with E-state index in [4.69, 9.17) is 5.73 Å². The highest BCUT2D eigenvalue weighted by atomic mass is 79.9. The van der Waals surface area contributed by atoms with E-state index in [1.54, 1.807) is 25.1 Å². The maximum Gasteiger partial charge on any atom is 0.268 e. The Morgan fingerprint density at radius 1 is 1.37 bits per heavy atom. The normalized spacial score (nSPS) is 10.8. The Labute approximate surface area is 163 Å². The molecule has 9 nitrogen and oxygen atoms in total. The number of nitrogens with two attached hydrogens (primary N) is 1. The Morgan fingerprint density at radius 3 is 2.81 bits per heavy atom. The molecule has 0 aliphatic heterocycles. The summed E-state index contributed by atoms with van der Waals surface area (Å²) >= 11 is 3.36. The van der Waals surface area contributed by atoms with Crippen LogP contribution in [0.1, 0.15) is 32.0 Å². The highest BCUT2D eigenvalue weighted by Crippen LogP contribution is 2.28. The van der Waals surface area contributed by atoms with Crippen LogP contribution in [0.4, 0.5) is 0 Å². The molecule has 1 amide bonds. The number of nitrogens with zero attached hydrogens (tertiary/aromatic N) is 4. The molecule has 0 bridgehead atoms. The summed E-state index contributed by atoms with van der Waals surface area (Å²) < 4.78 is 0.773. The smallest absolute Gasteiger partial charge is 0.268 e. The van der Waals surface area contributed by atoms with Crippen molar-refractivity contribution in [2.75, 3.05) is 13.6 Å². The summed E-state index contributed by atoms with van der Waals surface area (Å²) in [6.07, 6.45) is 0. The molecule has 0 radical (unpaired) electrons. The first-order valence-electron chi connectivity index (χ1n) is 8.19. The van der Waals surface area contributed by atoms with Crippen molar-refractivity contribution in [2.24, 2.45) is 5.73 Å². The lowest BCUT2D eigenvalue weighted by Gasteiger charge is -2.05. The fraction of sp³-hybridized carbons (Fsp3) is 0.235. The van der Waals surface area contributed by atoms with E-state index in [9.17, 15) is 9.59 Å². The van der Waals surface area contributed by atoms with Gasteiger partial charge in [-0.15, -0.1) is 10.2 Å². The number of carbonyl (C=O) groups excluding carboxylic acids is 2. The van der Waals surface area contributed by atoms with Gasteiger partial charge in [0.15, 0.2) is 5.78 Å². The van der Waals surface area contributed by atoms with Gasteiger partial charge in [-0.3, -0.25) is 9.59 Å². The summed E-state index contributed by atoms with van der Waals surface area (Å²) in [6.45, 7) is 2.53. The lowest BCUT2D eigenvalue weighted by Crippen LogP contribution is -2.21. The number of hydrogen-bond acceptors (Lipinski definition) is 6. The number of aromatic amines is 1. The van der Waals surface area contributed by atoms with Gasteiger partial charge in [0, 0.05) is 23.6 Å². The Balaban J connectivity index is 2.13.